The third-order valence-corrected chi connectivity index (χ3v) is 1.99. The maximum Gasteiger partial charge on any atom is 0.373 e. The van der Waals surface area contributed by atoms with Gasteiger partial charge in [0.2, 0.25) is 0 Å². The Morgan fingerprint density at radius 3 is 2.44 bits per heavy atom. The van der Waals surface area contributed by atoms with Crippen molar-refractivity contribution in [3.8, 4) is 0 Å². The average Bonchev–Trinajstić information content (AvgIpc) is 2.78. The molecule has 0 aromatic carbocycles. The summed E-state index contributed by atoms with van der Waals surface area (Å²) in [6, 6.07) is 3.76. The third kappa shape index (κ3) is 5.82. The van der Waals surface area contributed by atoms with Gasteiger partial charge in [-0.15, -0.1) is 0 Å². The predicted octanol–water partition coefficient (Wildman–Crippen LogP) is 2.22. The summed E-state index contributed by atoms with van der Waals surface area (Å²) in [7, 11) is 0. The van der Waals surface area contributed by atoms with Crippen molar-refractivity contribution >= 4 is 18.2 Å². The van der Waals surface area contributed by atoms with Crippen molar-refractivity contribution < 1.29 is 23.5 Å². The topological polar surface area (TPSA) is 73.6 Å². The van der Waals surface area contributed by atoms with Crippen LogP contribution in [0.25, 0.3) is 6.08 Å². The Kier molecular flexibility index (Phi) is 7.90. The zero-order chi connectivity index (χ0) is 14.0. The molecule has 0 aliphatic heterocycles. The van der Waals surface area contributed by atoms with Crippen molar-refractivity contribution in [1.29, 1.82) is 0 Å². The van der Waals surface area contributed by atoms with Gasteiger partial charge in [-0.1, -0.05) is 6.92 Å². The highest BCUT2D eigenvalue weighted by atomic mass is 16.5. The molecule has 0 saturated heterocycles. The second-order valence-electron chi connectivity index (χ2n) is 3.29. The van der Waals surface area contributed by atoms with Gasteiger partial charge in [0.05, 0.1) is 6.61 Å². The van der Waals surface area contributed by atoms with E-state index in [0.717, 1.165) is 12.2 Å². The largest absolute Gasteiger partial charge is 0.463 e. The van der Waals surface area contributed by atoms with Gasteiger partial charge in [0.1, 0.15) is 11.5 Å². The summed E-state index contributed by atoms with van der Waals surface area (Å²) in [5.74, 6) is 1.31. The van der Waals surface area contributed by atoms with E-state index in [2.05, 4.69) is 0 Å². The van der Waals surface area contributed by atoms with Crippen molar-refractivity contribution in [3.05, 3.63) is 29.2 Å². The lowest BCUT2D eigenvalue weighted by atomic mass is 10.2. The second kappa shape index (κ2) is 8.96. The Morgan fingerprint density at radius 1 is 1.39 bits per heavy atom. The van der Waals surface area contributed by atoms with E-state index in [1.807, 2.05) is 19.1 Å². The quantitative estimate of drug-likeness (QED) is 0.606. The van der Waals surface area contributed by atoms with E-state index < -0.39 is 0 Å². The summed E-state index contributed by atoms with van der Waals surface area (Å²) in [5.41, 5.74) is 0.550. The minimum absolute atomic E-state index is 0.250. The molecule has 18 heavy (non-hydrogen) atoms. The van der Waals surface area contributed by atoms with Crippen LogP contribution in [0.15, 0.2) is 22.1 Å². The molecule has 1 aromatic rings. The van der Waals surface area contributed by atoms with Gasteiger partial charge < -0.3 is 9.15 Å². The molecular formula is C13H16O5. The molecule has 5 heteroatoms. The van der Waals surface area contributed by atoms with Gasteiger partial charge in [0.15, 0.2) is 0 Å². The smallest absolute Gasteiger partial charge is 0.373 e. The summed E-state index contributed by atoms with van der Waals surface area (Å²) < 4.78 is 10.3. The number of hydrogen-bond donors (Lipinski definition) is 0. The lowest BCUT2D eigenvalue weighted by molar-refractivity contribution is -0.191. The van der Waals surface area contributed by atoms with Crippen LogP contribution in [0.4, 0.5) is 0 Å². The maximum absolute atomic E-state index is 11.3. The lowest BCUT2D eigenvalue weighted by Gasteiger charge is -1.99. The minimum atomic E-state index is -0.299. The van der Waals surface area contributed by atoms with Crippen LogP contribution in [0.1, 0.15) is 32.3 Å². The summed E-state index contributed by atoms with van der Waals surface area (Å²) in [6.07, 6.45) is 2.80. The predicted molar refractivity (Wildman–Crippen MR) is 63.4 cm³/mol. The molecule has 0 bridgehead atoms. The summed E-state index contributed by atoms with van der Waals surface area (Å²) >= 11 is 0. The molecule has 0 aliphatic rings. The number of carbonyl (C=O) groups is 1. The van der Waals surface area contributed by atoms with Gasteiger partial charge in [-0.05, 0) is 32.1 Å². The highest BCUT2D eigenvalue weighted by Crippen LogP contribution is 2.12. The van der Waals surface area contributed by atoms with E-state index in [1.165, 1.54) is 0 Å². The number of rotatable bonds is 4. The molecule has 1 aromatic heterocycles. The molecule has 0 atom stereocenters. The first kappa shape index (κ1) is 15.9. The summed E-state index contributed by atoms with van der Waals surface area (Å²) in [4.78, 5) is 27.5. The van der Waals surface area contributed by atoms with Gasteiger partial charge >= 0.3 is 12.1 Å². The van der Waals surface area contributed by atoms with E-state index in [9.17, 15) is 4.79 Å². The number of ether oxygens (including phenoxy) is 1. The first-order chi connectivity index (χ1) is 8.58. The molecule has 0 radical (unpaired) electrons. The Bertz CT molecular complexity index is 436. The monoisotopic (exact) mass is 252 g/mol. The van der Waals surface area contributed by atoms with Crippen LogP contribution in [0.5, 0.6) is 0 Å². The van der Waals surface area contributed by atoms with Gasteiger partial charge in [0.25, 0.3) is 0 Å². The molecule has 0 fully saturated rings. The van der Waals surface area contributed by atoms with Crippen LogP contribution in [0.2, 0.25) is 0 Å². The molecule has 0 amide bonds. The van der Waals surface area contributed by atoms with Crippen LogP contribution in [0.3, 0.4) is 0 Å². The molecule has 5 nitrogen and oxygen atoms in total. The van der Waals surface area contributed by atoms with Gasteiger partial charge in [0, 0.05) is 12.0 Å². The van der Waals surface area contributed by atoms with Crippen molar-refractivity contribution in [2.45, 2.75) is 27.2 Å². The number of hydrogen-bond acceptors (Lipinski definition) is 5. The van der Waals surface area contributed by atoms with E-state index in [4.69, 9.17) is 18.7 Å². The molecule has 0 unspecified atom stereocenters. The highest BCUT2D eigenvalue weighted by molar-refractivity contribution is 5.92. The molecule has 1 rings (SSSR count). The van der Waals surface area contributed by atoms with Gasteiger partial charge in [-0.25, -0.2) is 4.79 Å². The lowest BCUT2D eigenvalue weighted by Crippen LogP contribution is -2.04. The standard InChI is InChI=1S/C12H16O3.CO2/c1-4-10-6-7-11(15-10)8-9(3)12(13)14-5-2;2-1-3/h6-8H,4-5H2,1-3H3;/b9-8+;. The number of esters is 1. The minimum Gasteiger partial charge on any atom is -0.463 e. The third-order valence-electron chi connectivity index (χ3n) is 1.99. The summed E-state index contributed by atoms with van der Waals surface area (Å²) in [5, 5.41) is 0. The van der Waals surface area contributed by atoms with Crippen LogP contribution < -0.4 is 0 Å². The van der Waals surface area contributed by atoms with Crippen LogP contribution >= 0.6 is 0 Å². The van der Waals surface area contributed by atoms with E-state index >= 15 is 0 Å². The maximum atomic E-state index is 11.3. The first-order valence-electron chi connectivity index (χ1n) is 5.52. The fourth-order valence-electron chi connectivity index (χ4n) is 1.18. The number of carbonyl (C=O) groups excluding carboxylic acids is 3. The Hall–Kier alpha value is -2.13. The fourth-order valence-corrected chi connectivity index (χ4v) is 1.18. The summed E-state index contributed by atoms with van der Waals surface area (Å²) in [6.45, 7) is 5.91. The molecule has 0 N–H and O–H groups in total. The molecule has 1 heterocycles. The van der Waals surface area contributed by atoms with Crippen molar-refractivity contribution in [2.24, 2.45) is 0 Å². The van der Waals surface area contributed by atoms with E-state index in [-0.39, 0.29) is 12.1 Å². The fraction of sp³-hybridized carbons (Fsp3) is 0.385. The molecule has 0 aliphatic carbocycles. The zero-order valence-electron chi connectivity index (χ0n) is 10.7. The van der Waals surface area contributed by atoms with Crippen molar-refractivity contribution in [1.82, 2.24) is 0 Å². The first-order valence-corrected chi connectivity index (χ1v) is 5.52. The Labute approximate surface area is 105 Å². The number of furan rings is 1. The normalized spacial score (nSPS) is 10.1. The Morgan fingerprint density at radius 2 is 2.00 bits per heavy atom. The second-order valence-corrected chi connectivity index (χ2v) is 3.29. The molecular weight excluding hydrogens is 236 g/mol. The Balaban J connectivity index is 0.000000873. The van der Waals surface area contributed by atoms with Crippen LogP contribution in [0, 0.1) is 0 Å². The van der Waals surface area contributed by atoms with Crippen molar-refractivity contribution in [3.63, 3.8) is 0 Å². The molecule has 0 spiro atoms. The van der Waals surface area contributed by atoms with Gasteiger partial charge in [-0.3, -0.25) is 0 Å². The van der Waals surface area contributed by atoms with Gasteiger partial charge in [-0.2, -0.15) is 9.59 Å². The zero-order valence-corrected chi connectivity index (χ0v) is 10.7. The van der Waals surface area contributed by atoms with Crippen molar-refractivity contribution in [2.75, 3.05) is 6.61 Å². The highest BCUT2D eigenvalue weighted by Gasteiger charge is 2.05. The number of aryl methyl sites for hydroxylation is 1. The van der Waals surface area contributed by atoms with E-state index in [0.29, 0.717) is 17.9 Å². The van der Waals surface area contributed by atoms with E-state index in [1.54, 1.807) is 19.9 Å². The molecule has 98 valence electrons. The SMILES string of the molecule is CCOC(=O)/C(C)=C/c1ccc(CC)o1.O=C=O. The average molecular weight is 252 g/mol. The van der Waals surface area contributed by atoms with Crippen LogP contribution in [-0.4, -0.2) is 18.7 Å². The molecule has 0 saturated carbocycles. The van der Waals surface area contributed by atoms with Crippen LogP contribution in [-0.2, 0) is 25.5 Å².